The zero-order valence-corrected chi connectivity index (χ0v) is 9.61. The minimum Gasteiger partial charge on any atom is -0.478 e. The molecular formula is C12H16FNO3. The monoisotopic (exact) mass is 241 g/mol. The number of benzene rings is 1. The Kier molecular flexibility index (Phi) is 4.90. The molecular weight excluding hydrogens is 225 g/mol. The van der Waals surface area contributed by atoms with Crippen molar-refractivity contribution in [3.63, 3.8) is 0 Å². The van der Waals surface area contributed by atoms with Gasteiger partial charge in [-0.3, -0.25) is 0 Å². The highest BCUT2D eigenvalue weighted by atomic mass is 19.1. The number of hydrogen-bond acceptors (Lipinski definition) is 3. The highest BCUT2D eigenvalue weighted by Crippen LogP contribution is 2.16. The molecule has 0 aliphatic rings. The molecule has 1 unspecified atom stereocenters. The molecule has 1 aromatic rings. The summed E-state index contributed by atoms with van der Waals surface area (Å²) >= 11 is 0. The van der Waals surface area contributed by atoms with Crippen LogP contribution in [-0.4, -0.2) is 28.8 Å². The quantitative estimate of drug-likeness (QED) is 0.713. The van der Waals surface area contributed by atoms with Gasteiger partial charge in [0, 0.05) is 18.3 Å². The molecule has 0 saturated heterocycles. The van der Waals surface area contributed by atoms with E-state index in [1.54, 1.807) is 0 Å². The van der Waals surface area contributed by atoms with Crippen molar-refractivity contribution in [1.82, 2.24) is 0 Å². The van der Waals surface area contributed by atoms with Crippen LogP contribution in [0.1, 0.15) is 30.1 Å². The first kappa shape index (κ1) is 13.4. The van der Waals surface area contributed by atoms with Crippen LogP contribution in [0.15, 0.2) is 18.2 Å². The van der Waals surface area contributed by atoms with Gasteiger partial charge in [-0.1, -0.05) is 0 Å². The molecule has 3 N–H and O–H groups in total. The van der Waals surface area contributed by atoms with Gasteiger partial charge in [0.25, 0.3) is 0 Å². The van der Waals surface area contributed by atoms with Crippen LogP contribution in [0.4, 0.5) is 10.1 Å². The van der Waals surface area contributed by atoms with Gasteiger partial charge < -0.3 is 15.5 Å². The summed E-state index contributed by atoms with van der Waals surface area (Å²) in [5, 5.41) is 20.4. The molecule has 1 aromatic carbocycles. The number of anilines is 1. The summed E-state index contributed by atoms with van der Waals surface area (Å²) in [6, 6.07) is 4.02. The van der Waals surface area contributed by atoms with Gasteiger partial charge >= 0.3 is 5.97 Å². The Balaban J connectivity index is 2.67. The van der Waals surface area contributed by atoms with E-state index >= 15 is 0 Å². The van der Waals surface area contributed by atoms with E-state index < -0.39 is 11.8 Å². The molecule has 0 aliphatic heterocycles. The number of carboxylic acids is 1. The molecule has 0 heterocycles. The molecule has 0 saturated carbocycles. The molecule has 1 rings (SSSR count). The fraction of sp³-hybridized carbons (Fsp3) is 0.417. The summed E-state index contributed by atoms with van der Waals surface area (Å²) in [4.78, 5) is 10.6. The molecule has 5 heteroatoms. The summed E-state index contributed by atoms with van der Waals surface area (Å²) in [6.45, 7) is 2.04. The van der Waals surface area contributed by atoms with Crippen LogP contribution < -0.4 is 5.32 Å². The Morgan fingerprint density at radius 3 is 2.76 bits per heavy atom. The third kappa shape index (κ3) is 4.03. The second-order valence-corrected chi connectivity index (χ2v) is 3.91. The third-order valence-electron chi connectivity index (χ3n) is 2.41. The Labute approximate surface area is 99.1 Å². The molecule has 0 radical (unpaired) electrons. The molecule has 1 atom stereocenters. The van der Waals surface area contributed by atoms with Gasteiger partial charge in [0.2, 0.25) is 0 Å². The van der Waals surface area contributed by atoms with Crippen molar-refractivity contribution in [2.45, 2.75) is 25.8 Å². The molecule has 0 aliphatic carbocycles. The second kappa shape index (κ2) is 6.20. The smallest absolute Gasteiger partial charge is 0.338 e. The van der Waals surface area contributed by atoms with Gasteiger partial charge in [-0.15, -0.1) is 0 Å². The first-order chi connectivity index (χ1) is 8.04. The molecule has 17 heavy (non-hydrogen) atoms. The van der Waals surface area contributed by atoms with Crippen molar-refractivity contribution < 1.29 is 19.4 Å². The van der Waals surface area contributed by atoms with Crippen LogP contribution in [0.3, 0.4) is 0 Å². The summed E-state index contributed by atoms with van der Waals surface area (Å²) < 4.78 is 13.3. The highest BCUT2D eigenvalue weighted by Gasteiger charge is 2.11. The number of hydrogen-bond donors (Lipinski definition) is 3. The van der Waals surface area contributed by atoms with Crippen molar-refractivity contribution in [2.75, 3.05) is 11.9 Å². The topological polar surface area (TPSA) is 69.6 Å². The number of halogens is 1. The van der Waals surface area contributed by atoms with Crippen molar-refractivity contribution in [1.29, 1.82) is 0 Å². The standard InChI is InChI=1S/C12H16FNO3/c1-8(3-2-6-15)14-9-4-5-10(12(16)17)11(13)7-9/h4-5,7-8,14-15H,2-3,6H2,1H3,(H,16,17). The van der Waals surface area contributed by atoms with Crippen LogP contribution in [0.2, 0.25) is 0 Å². The molecule has 0 aromatic heterocycles. The predicted octanol–water partition coefficient (Wildman–Crippen LogP) is 2.10. The van der Waals surface area contributed by atoms with E-state index in [-0.39, 0.29) is 18.2 Å². The zero-order valence-electron chi connectivity index (χ0n) is 9.61. The highest BCUT2D eigenvalue weighted by molar-refractivity contribution is 5.88. The number of aliphatic hydroxyl groups is 1. The van der Waals surface area contributed by atoms with E-state index in [2.05, 4.69) is 5.32 Å². The van der Waals surface area contributed by atoms with E-state index in [9.17, 15) is 9.18 Å². The van der Waals surface area contributed by atoms with Gasteiger partial charge in [0.05, 0.1) is 5.56 Å². The zero-order chi connectivity index (χ0) is 12.8. The van der Waals surface area contributed by atoms with Gasteiger partial charge in [0.1, 0.15) is 5.82 Å². The van der Waals surface area contributed by atoms with Crippen molar-refractivity contribution in [3.8, 4) is 0 Å². The number of nitrogens with one attached hydrogen (secondary N) is 1. The number of carboxylic acid groups (broad SMARTS) is 1. The van der Waals surface area contributed by atoms with Gasteiger partial charge in [-0.2, -0.15) is 0 Å². The van der Waals surface area contributed by atoms with E-state index in [0.717, 1.165) is 6.42 Å². The maximum absolute atomic E-state index is 13.3. The number of aliphatic hydroxyl groups excluding tert-OH is 1. The van der Waals surface area contributed by atoms with Crippen molar-refractivity contribution in [2.24, 2.45) is 0 Å². The molecule has 94 valence electrons. The number of carbonyl (C=O) groups is 1. The average molecular weight is 241 g/mol. The summed E-state index contributed by atoms with van der Waals surface area (Å²) in [6.07, 6.45) is 1.43. The lowest BCUT2D eigenvalue weighted by Crippen LogP contribution is -2.15. The maximum Gasteiger partial charge on any atom is 0.338 e. The van der Waals surface area contributed by atoms with Crippen LogP contribution in [0.25, 0.3) is 0 Å². The summed E-state index contributed by atoms with van der Waals surface area (Å²) in [5.41, 5.74) is 0.205. The van der Waals surface area contributed by atoms with Crippen molar-refractivity contribution in [3.05, 3.63) is 29.6 Å². The lowest BCUT2D eigenvalue weighted by atomic mass is 10.1. The van der Waals surface area contributed by atoms with Crippen LogP contribution in [0, 0.1) is 5.82 Å². The Morgan fingerprint density at radius 1 is 1.53 bits per heavy atom. The fourth-order valence-corrected chi connectivity index (χ4v) is 1.53. The Hall–Kier alpha value is -1.62. The van der Waals surface area contributed by atoms with E-state index in [1.807, 2.05) is 6.92 Å². The average Bonchev–Trinajstić information content (AvgIpc) is 2.26. The Bertz CT molecular complexity index is 395. The van der Waals surface area contributed by atoms with Gasteiger partial charge in [0.15, 0.2) is 0 Å². The number of aromatic carboxylic acids is 1. The van der Waals surface area contributed by atoms with Crippen molar-refractivity contribution >= 4 is 11.7 Å². The van der Waals surface area contributed by atoms with E-state index in [1.165, 1.54) is 18.2 Å². The molecule has 4 nitrogen and oxygen atoms in total. The minimum atomic E-state index is -1.28. The minimum absolute atomic E-state index is 0.0947. The molecule has 0 amide bonds. The van der Waals surface area contributed by atoms with E-state index in [0.29, 0.717) is 12.1 Å². The normalized spacial score (nSPS) is 12.2. The third-order valence-corrected chi connectivity index (χ3v) is 2.41. The molecule has 0 bridgehead atoms. The SMILES string of the molecule is CC(CCCO)Nc1ccc(C(=O)O)c(F)c1. The second-order valence-electron chi connectivity index (χ2n) is 3.91. The molecule has 0 spiro atoms. The fourth-order valence-electron chi connectivity index (χ4n) is 1.53. The first-order valence-electron chi connectivity index (χ1n) is 5.45. The maximum atomic E-state index is 13.3. The molecule has 0 fully saturated rings. The Morgan fingerprint density at radius 2 is 2.24 bits per heavy atom. The van der Waals surface area contributed by atoms with Crippen LogP contribution >= 0.6 is 0 Å². The van der Waals surface area contributed by atoms with Gasteiger partial charge in [-0.25, -0.2) is 9.18 Å². The number of rotatable bonds is 6. The summed E-state index contributed by atoms with van der Waals surface area (Å²) in [5.74, 6) is -2.03. The van der Waals surface area contributed by atoms with Crippen LogP contribution in [0.5, 0.6) is 0 Å². The predicted molar refractivity (Wildman–Crippen MR) is 62.8 cm³/mol. The van der Waals surface area contributed by atoms with Gasteiger partial charge in [-0.05, 0) is 38.0 Å². The lowest BCUT2D eigenvalue weighted by molar-refractivity contribution is 0.0692. The van der Waals surface area contributed by atoms with Crippen LogP contribution in [-0.2, 0) is 0 Å². The summed E-state index contributed by atoms with van der Waals surface area (Å²) in [7, 11) is 0. The van der Waals surface area contributed by atoms with E-state index in [4.69, 9.17) is 10.2 Å². The largest absolute Gasteiger partial charge is 0.478 e. The first-order valence-corrected chi connectivity index (χ1v) is 5.45. The lowest BCUT2D eigenvalue weighted by Gasteiger charge is -2.14.